The lowest BCUT2D eigenvalue weighted by Gasteiger charge is -2.10. The second-order valence-corrected chi connectivity index (χ2v) is 6.31. The Balaban J connectivity index is 1.62. The molecule has 6 nitrogen and oxygen atoms in total. The van der Waals surface area contributed by atoms with Crippen molar-refractivity contribution in [2.24, 2.45) is 0 Å². The van der Waals surface area contributed by atoms with Crippen molar-refractivity contribution < 1.29 is 4.79 Å². The van der Waals surface area contributed by atoms with E-state index in [0.717, 1.165) is 12.8 Å². The van der Waals surface area contributed by atoms with Crippen molar-refractivity contribution in [1.82, 2.24) is 15.3 Å². The summed E-state index contributed by atoms with van der Waals surface area (Å²) in [6.07, 6.45) is 1.75. The van der Waals surface area contributed by atoms with E-state index in [0.29, 0.717) is 35.1 Å². The number of hydrogen-bond acceptors (Lipinski definition) is 5. The zero-order chi connectivity index (χ0) is 19.8. The fourth-order valence-corrected chi connectivity index (χ4v) is 2.81. The van der Waals surface area contributed by atoms with Gasteiger partial charge in [0.1, 0.15) is 23.4 Å². The normalized spacial score (nSPS) is 10.1. The van der Waals surface area contributed by atoms with Crippen molar-refractivity contribution in [2.75, 3.05) is 11.9 Å². The highest BCUT2D eigenvalue weighted by Crippen LogP contribution is 2.19. The molecule has 0 bridgehead atoms. The van der Waals surface area contributed by atoms with E-state index in [-0.39, 0.29) is 5.91 Å². The number of nitrogens with one attached hydrogen (secondary N) is 2. The minimum absolute atomic E-state index is 0.241. The highest BCUT2D eigenvalue weighted by Gasteiger charge is 2.11. The zero-order valence-corrected chi connectivity index (χ0v) is 15.6. The van der Waals surface area contributed by atoms with Gasteiger partial charge in [-0.3, -0.25) is 4.79 Å². The van der Waals surface area contributed by atoms with Gasteiger partial charge in [-0.1, -0.05) is 42.5 Å². The zero-order valence-electron chi connectivity index (χ0n) is 15.6. The van der Waals surface area contributed by atoms with Crippen LogP contribution in [-0.4, -0.2) is 22.4 Å². The van der Waals surface area contributed by atoms with E-state index in [9.17, 15) is 10.1 Å². The van der Waals surface area contributed by atoms with Crippen molar-refractivity contribution in [1.29, 1.82) is 5.26 Å². The fraction of sp³-hybridized carbons (Fsp3) is 0.182. The number of carbonyl (C=O) groups is 1. The van der Waals surface area contributed by atoms with Gasteiger partial charge in [0, 0.05) is 12.6 Å². The Morgan fingerprint density at radius 3 is 2.61 bits per heavy atom. The van der Waals surface area contributed by atoms with Crippen LogP contribution in [0, 0.1) is 18.3 Å². The molecule has 0 unspecified atom stereocenters. The van der Waals surface area contributed by atoms with E-state index in [1.54, 1.807) is 31.2 Å². The van der Waals surface area contributed by atoms with Crippen LogP contribution in [0.4, 0.5) is 11.5 Å². The fourth-order valence-electron chi connectivity index (χ4n) is 2.81. The molecule has 0 atom stereocenters. The average molecular weight is 371 g/mol. The molecule has 28 heavy (non-hydrogen) atoms. The van der Waals surface area contributed by atoms with E-state index in [4.69, 9.17) is 0 Å². The molecule has 140 valence electrons. The molecule has 2 aromatic carbocycles. The quantitative estimate of drug-likeness (QED) is 0.617. The summed E-state index contributed by atoms with van der Waals surface area (Å²) in [5, 5.41) is 15.2. The van der Waals surface area contributed by atoms with Crippen LogP contribution < -0.4 is 10.6 Å². The smallest absolute Gasteiger partial charge is 0.270 e. The Hall–Kier alpha value is -3.72. The van der Waals surface area contributed by atoms with Crippen molar-refractivity contribution in [3.8, 4) is 6.07 Å². The first-order valence-electron chi connectivity index (χ1n) is 9.09. The van der Waals surface area contributed by atoms with Crippen LogP contribution in [0.25, 0.3) is 0 Å². The third kappa shape index (κ3) is 5.15. The monoisotopic (exact) mass is 371 g/mol. The molecular weight excluding hydrogens is 350 g/mol. The third-order valence-corrected chi connectivity index (χ3v) is 4.15. The van der Waals surface area contributed by atoms with Gasteiger partial charge in [-0.05, 0) is 37.5 Å². The largest absolute Gasteiger partial charge is 0.351 e. The van der Waals surface area contributed by atoms with Gasteiger partial charge >= 0.3 is 0 Å². The molecule has 1 amide bonds. The number of nitrogens with zero attached hydrogens (tertiary/aromatic N) is 3. The molecule has 0 aliphatic heterocycles. The molecule has 0 spiro atoms. The number of para-hydroxylation sites is 1. The van der Waals surface area contributed by atoms with Gasteiger partial charge in [-0.2, -0.15) is 5.26 Å². The number of benzene rings is 2. The van der Waals surface area contributed by atoms with E-state index in [1.807, 2.05) is 24.3 Å². The first-order valence-corrected chi connectivity index (χ1v) is 9.09. The van der Waals surface area contributed by atoms with Gasteiger partial charge in [0.15, 0.2) is 0 Å². The van der Waals surface area contributed by atoms with Crippen LogP contribution in [0.15, 0.2) is 60.7 Å². The molecular formula is C22H21N5O. The molecule has 0 fully saturated rings. The standard InChI is InChI=1S/C22H21N5O/c1-16-25-20(22(28)24-13-7-10-17-8-3-2-4-9-17)14-21(26-16)27-19-12-6-5-11-18(19)15-23/h2-6,8-9,11-12,14H,7,10,13H2,1H3,(H,24,28)(H,25,26,27). The van der Waals surface area contributed by atoms with E-state index in [2.05, 4.69) is 38.8 Å². The van der Waals surface area contributed by atoms with Gasteiger partial charge < -0.3 is 10.6 Å². The highest BCUT2D eigenvalue weighted by atomic mass is 16.1. The summed E-state index contributed by atoms with van der Waals surface area (Å²) in [6.45, 7) is 2.30. The Morgan fingerprint density at radius 1 is 1.07 bits per heavy atom. The summed E-state index contributed by atoms with van der Waals surface area (Å²) in [4.78, 5) is 21.0. The molecule has 0 aliphatic rings. The van der Waals surface area contributed by atoms with E-state index in [1.165, 1.54) is 5.56 Å². The Morgan fingerprint density at radius 2 is 1.82 bits per heavy atom. The topological polar surface area (TPSA) is 90.7 Å². The molecule has 2 N–H and O–H groups in total. The maximum atomic E-state index is 12.5. The predicted octanol–water partition coefficient (Wildman–Crippen LogP) is 3.76. The van der Waals surface area contributed by atoms with Crippen molar-refractivity contribution in [3.05, 3.63) is 83.3 Å². The van der Waals surface area contributed by atoms with Gasteiger partial charge in [0.05, 0.1) is 11.3 Å². The van der Waals surface area contributed by atoms with Gasteiger partial charge in [0.25, 0.3) is 5.91 Å². The van der Waals surface area contributed by atoms with Gasteiger partial charge in [-0.25, -0.2) is 9.97 Å². The maximum Gasteiger partial charge on any atom is 0.270 e. The molecule has 1 aromatic heterocycles. The van der Waals surface area contributed by atoms with Crippen molar-refractivity contribution >= 4 is 17.4 Å². The maximum absolute atomic E-state index is 12.5. The number of aromatic nitrogens is 2. The first-order chi connectivity index (χ1) is 13.7. The molecule has 0 saturated carbocycles. The Labute approximate surface area is 164 Å². The lowest BCUT2D eigenvalue weighted by atomic mass is 10.1. The molecule has 0 aliphatic carbocycles. The number of nitriles is 1. The van der Waals surface area contributed by atoms with Crippen LogP contribution in [0.3, 0.4) is 0 Å². The van der Waals surface area contributed by atoms with Crippen LogP contribution in [0.5, 0.6) is 0 Å². The summed E-state index contributed by atoms with van der Waals surface area (Å²) in [5.74, 6) is 0.716. The molecule has 3 rings (SSSR count). The minimum atomic E-state index is -0.241. The number of rotatable bonds is 7. The van der Waals surface area contributed by atoms with Crippen LogP contribution in [-0.2, 0) is 6.42 Å². The van der Waals surface area contributed by atoms with Crippen LogP contribution >= 0.6 is 0 Å². The summed E-state index contributed by atoms with van der Waals surface area (Å²) < 4.78 is 0. The summed E-state index contributed by atoms with van der Waals surface area (Å²) >= 11 is 0. The number of hydrogen-bond donors (Lipinski definition) is 2. The summed E-state index contributed by atoms with van der Waals surface area (Å²) in [5.41, 5.74) is 2.68. The summed E-state index contributed by atoms with van der Waals surface area (Å²) in [6, 6.07) is 21.0. The second kappa shape index (κ2) is 9.28. The minimum Gasteiger partial charge on any atom is -0.351 e. The lowest BCUT2D eigenvalue weighted by Crippen LogP contribution is -2.26. The number of anilines is 2. The highest BCUT2D eigenvalue weighted by molar-refractivity contribution is 5.93. The third-order valence-electron chi connectivity index (χ3n) is 4.15. The average Bonchev–Trinajstić information content (AvgIpc) is 2.72. The first kappa shape index (κ1) is 19.1. The Bertz CT molecular complexity index is 995. The SMILES string of the molecule is Cc1nc(Nc2ccccc2C#N)cc(C(=O)NCCCc2ccccc2)n1. The number of amides is 1. The predicted molar refractivity (Wildman–Crippen MR) is 108 cm³/mol. The van der Waals surface area contributed by atoms with Crippen LogP contribution in [0.2, 0.25) is 0 Å². The van der Waals surface area contributed by atoms with Crippen molar-refractivity contribution in [2.45, 2.75) is 19.8 Å². The molecule has 3 aromatic rings. The summed E-state index contributed by atoms with van der Waals surface area (Å²) in [7, 11) is 0. The molecule has 0 radical (unpaired) electrons. The second-order valence-electron chi connectivity index (χ2n) is 6.31. The van der Waals surface area contributed by atoms with Crippen molar-refractivity contribution in [3.63, 3.8) is 0 Å². The number of aryl methyl sites for hydroxylation is 2. The van der Waals surface area contributed by atoms with Crippen LogP contribution in [0.1, 0.15) is 33.9 Å². The Kier molecular flexibility index (Phi) is 6.32. The van der Waals surface area contributed by atoms with Gasteiger partial charge in [0.2, 0.25) is 0 Å². The lowest BCUT2D eigenvalue weighted by molar-refractivity contribution is 0.0948. The van der Waals surface area contributed by atoms with Gasteiger partial charge in [-0.15, -0.1) is 0 Å². The molecule has 0 saturated heterocycles. The molecule has 1 heterocycles. The number of carbonyl (C=O) groups excluding carboxylic acids is 1. The van der Waals surface area contributed by atoms with E-state index >= 15 is 0 Å². The molecule has 6 heteroatoms. The van der Waals surface area contributed by atoms with E-state index < -0.39 is 0 Å².